The van der Waals surface area contributed by atoms with Gasteiger partial charge in [-0.1, -0.05) is 29.8 Å². The molecule has 6 nitrogen and oxygen atoms in total. The fourth-order valence-corrected chi connectivity index (χ4v) is 3.48. The molecule has 0 unspecified atom stereocenters. The summed E-state index contributed by atoms with van der Waals surface area (Å²) < 4.78 is 5.97. The number of nitrogens with zero attached hydrogens (tertiary/aromatic N) is 4. The molecule has 4 rings (SSSR count). The molecule has 156 valence electrons. The Morgan fingerprint density at radius 1 is 1.03 bits per heavy atom. The number of ether oxygens (including phenoxy) is 1. The van der Waals surface area contributed by atoms with Crippen molar-refractivity contribution in [3.63, 3.8) is 0 Å². The van der Waals surface area contributed by atoms with E-state index in [-0.39, 0.29) is 0 Å². The third kappa shape index (κ3) is 5.69. The molecular formula is C23H26ClN5O. The van der Waals surface area contributed by atoms with Gasteiger partial charge in [-0.15, -0.1) is 0 Å². The van der Waals surface area contributed by atoms with E-state index in [2.05, 4.69) is 32.1 Å². The molecule has 0 radical (unpaired) electrons. The van der Waals surface area contributed by atoms with E-state index < -0.39 is 0 Å². The van der Waals surface area contributed by atoms with Crippen LogP contribution < -0.4 is 10.1 Å². The van der Waals surface area contributed by atoms with E-state index in [0.717, 1.165) is 55.4 Å². The van der Waals surface area contributed by atoms with Crippen LogP contribution in [0.1, 0.15) is 0 Å². The Morgan fingerprint density at radius 3 is 2.63 bits per heavy atom. The minimum Gasteiger partial charge on any atom is -0.492 e. The maximum atomic E-state index is 5.98. The number of hydrogen-bond donors (Lipinski definition) is 1. The van der Waals surface area contributed by atoms with Crippen molar-refractivity contribution in [1.29, 1.82) is 0 Å². The number of rotatable bonds is 7. The first-order valence-electron chi connectivity index (χ1n) is 10.2. The summed E-state index contributed by atoms with van der Waals surface area (Å²) in [5.41, 5.74) is 2.72. The van der Waals surface area contributed by atoms with Gasteiger partial charge in [-0.3, -0.25) is 4.90 Å². The number of aromatic nitrogens is 2. The Labute approximate surface area is 182 Å². The van der Waals surface area contributed by atoms with Crippen molar-refractivity contribution in [2.45, 2.75) is 0 Å². The predicted octanol–water partition coefficient (Wildman–Crippen LogP) is 4.17. The van der Waals surface area contributed by atoms with Gasteiger partial charge in [0.2, 0.25) is 5.95 Å². The van der Waals surface area contributed by atoms with Crippen molar-refractivity contribution in [3.8, 4) is 17.0 Å². The van der Waals surface area contributed by atoms with Crippen molar-refractivity contribution < 1.29 is 4.74 Å². The Bertz CT molecular complexity index is 958. The lowest BCUT2D eigenvalue weighted by Gasteiger charge is -2.32. The Balaban J connectivity index is 1.35. The third-order valence-electron chi connectivity index (χ3n) is 5.16. The van der Waals surface area contributed by atoms with Crippen molar-refractivity contribution in [2.24, 2.45) is 0 Å². The normalized spacial score (nSPS) is 15.1. The van der Waals surface area contributed by atoms with Crippen LogP contribution in [0.3, 0.4) is 0 Å². The van der Waals surface area contributed by atoms with Crippen LogP contribution in [0, 0.1) is 0 Å². The summed E-state index contributed by atoms with van der Waals surface area (Å²) in [5.74, 6) is 1.38. The molecule has 1 aliphatic heterocycles. The molecule has 1 fully saturated rings. The summed E-state index contributed by atoms with van der Waals surface area (Å²) in [4.78, 5) is 13.7. The smallest absolute Gasteiger partial charge is 0.227 e. The van der Waals surface area contributed by atoms with Crippen LogP contribution in [-0.2, 0) is 0 Å². The van der Waals surface area contributed by atoms with Crippen LogP contribution in [0.15, 0.2) is 60.8 Å². The van der Waals surface area contributed by atoms with Gasteiger partial charge in [0, 0.05) is 61.3 Å². The molecule has 0 saturated carbocycles. The highest BCUT2D eigenvalue weighted by atomic mass is 35.5. The first kappa shape index (κ1) is 20.6. The minimum absolute atomic E-state index is 0.539. The monoisotopic (exact) mass is 423 g/mol. The van der Waals surface area contributed by atoms with Crippen LogP contribution in [0.4, 0.5) is 11.6 Å². The molecule has 0 spiro atoms. The van der Waals surface area contributed by atoms with E-state index in [1.165, 1.54) is 0 Å². The Morgan fingerprint density at radius 2 is 1.83 bits per heavy atom. The summed E-state index contributed by atoms with van der Waals surface area (Å²) in [7, 11) is 2.17. The fraction of sp³-hybridized carbons (Fsp3) is 0.304. The average molecular weight is 424 g/mol. The lowest BCUT2D eigenvalue weighted by Crippen LogP contribution is -2.45. The highest BCUT2D eigenvalue weighted by Gasteiger charge is 2.13. The van der Waals surface area contributed by atoms with Crippen LogP contribution in [0.5, 0.6) is 5.75 Å². The van der Waals surface area contributed by atoms with Gasteiger partial charge in [0.1, 0.15) is 12.4 Å². The van der Waals surface area contributed by atoms with Gasteiger partial charge in [-0.25, -0.2) is 9.97 Å². The number of anilines is 2. The van der Waals surface area contributed by atoms with E-state index in [1.54, 1.807) is 6.20 Å². The van der Waals surface area contributed by atoms with Gasteiger partial charge < -0.3 is 15.0 Å². The number of hydrogen-bond acceptors (Lipinski definition) is 6. The first-order chi connectivity index (χ1) is 14.7. The SMILES string of the molecule is CN1CCN(CCOc2cccc(Nc3nccc(-c4ccc(Cl)cc4)n3)c2)CC1. The zero-order valence-corrected chi connectivity index (χ0v) is 17.8. The summed E-state index contributed by atoms with van der Waals surface area (Å²) >= 11 is 5.98. The van der Waals surface area contributed by atoms with Gasteiger partial charge in [0.25, 0.3) is 0 Å². The molecule has 2 aromatic carbocycles. The lowest BCUT2D eigenvalue weighted by molar-refractivity contribution is 0.134. The van der Waals surface area contributed by atoms with Crippen molar-refractivity contribution in [2.75, 3.05) is 51.7 Å². The molecule has 0 atom stereocenters. The number of benzene rings is 2. The van der Waals surface area contributed by atoms with Crippen LogP contribution in [0.2, 0.25) is 5.02 Å². The molecule has 1 saturated heterocycles. The van der Waals surface area contributed by atoms with E-state index in [0.29, 0.717) is 17.6 Å². The maximum absolute atomic E-state index is 5.98. The summed E-state index contributed by atoms with van der Waals surface area (Å²) in [5, 5.41) is 3.97. The number of halogens is 1. The molecule has 2 heterocycles. The number of likely N-dealkylation sites (N-methyl/N-ethyl adjacent to an activating group) is 1. The average Bonchev–Trinajstić information content (AvgIpc) is 2.76. The van der Waals surface area contributed by atoms with Gasteiger partial charge in [0.15, 0.2) is 0 Å². The topological polar surface area (TPSA) is 53.5 Å². The van der Waals surface area contributed by atoms with E-state index in [9.17, 15) is 0 Å². The van der Waals surface area contributed by atoms with E-state index in [1.807, 2.05) is 54.6 Å². The van der Waals surface area contributed by atoms with E-state index in [4.69, 9.17) is 16.3 Å². The quantitative estimate of drug-likeness (QED) is 0.615. The summed E-state index contributed by atoms with van der Waals surface area (Å²) in [6.07, 6.45) is 1.75. The molecule has 0 aliphatic carbocycles. The Kier molecular flexibility index (Phi) is 6.79. The highest BCUT2D eigenvalue weighted by Crippen LogP contribution is 2.23. The molecule has 7 heteroatoms. The van der Waals surface area contributed by atoms with Crippen LogP contribution in [0.25, 0.3) is 11.3 Å². The molecule has 1 aromatic heterocycles. The molecule has 3 aromatic rings. The second kappa shape index (κ2) is 9.89. The molecule has 1 N–H and O–H groups in total. The maximum Gasteiger partial charge on any atom is 0.227 e. The second-order valence-electron chi connectivity index (χ2n) is 7.42. The van der Waals surface area contributed by atoms with Gasteiger partial charge in [0.05, 0.1) is 5.69 Å². The zero-order valence-electron chi connectivity index (χ0n) is 17.1. The zero-order chi connectivity index (χ0) is 20.8. The highest BCUT2D eigenvalue weighted by molar-refractivity contribution is 6.30. The second-order valence-corrected chi connectivity index (χ2v) is 7.86. The van der Waals surface area contributed by atoms with Gasteiger partial charge in [-0.2, -0.15) is 0 Å². The first-order valence-corrected chi connectivity index (χ1v) is 10.5. The predicted molar refractivity (Wildman–Crippen MR) is 122 cm³/mol. The number of nitrogens with one attached hydrogen (secondary N) is 1. The minimum atomic E-state index is 0.539. The van der Waals surface area contributed by atoms with Crippen LogP contribution >= 0.6 is 11.6 Å². The fourth-order valence-electron chi connectivity index (χ4n) is 3.36. The largest absolute Gasteiger partial charge is 0.492 e. The Hall–Kier alpha value is -2.67. The number of piperazine rings is 1. The molecule has 30 heavy (non-hydrogen) atoms. The van der Waals surface area contributed by atoms with Crippen LogP contribution in [-0.4, -0.2) is 66.1 Å². The van der Waals surface area contributed by atoms with Gasteiger partial charge >= 0.3 is 0 Å². The molecular weight excluding hydrogens is 398 g/mol. The molecule has 0 amide bonds. The van der Waals surface area contributed by atoms with Crippen molar-refractivity contribution in [1.82, 2.24) is 19.8 Å². The van der Waals surface area contributed by atoms with Gasteiger partial charge in [-0.05, 0) is 37.4 Å². The van der Waals surface area contributed by atoms with Crippen molar-refractivity contribution >= 4 is 23.2 Å². The summed E-state index contributed by atoms with van der Waals surface area (Å²) in [6.45, 7) is 6.06. The lowest BCUT2D eigenvalue weighted by atomic mass is 10.1. The standard InChI is InChI=1S/C23H26ClN5O/c1-28-11-13-29(14-12-28)15-16-30-21-4-2-3-20(17-21)26-23-25-10-9-22(27-23)18-5-7-19(24)8-6-18/h2-10,17H,11-16H2,1H3,(H,25,26,27). The van der Waals surface area contributed by atoms with Crippen molar-refractivity contribution in [3.05, 3.63) is 65.8 Å². The third-order valence-corrected chi connectivity index (χ3v) is 5.41. The summed E-state index contributed by atoms with van der Waals surface area (Å²) in [6, 6.07) is 17.4. The van der Waals surface area contributed by atoms with E-state index >= 15 is 0 Å². The molecule has 0 bridgehead atoms. The molecule has 1 aliphatic rings.